The molecule has 2 nitrogen and oxygen atoms in total. The summed E-state index contributed by atoms with van der Waals surface area (Å²) in [6.07, 6.45) is 4.49. The van der Waals surface area contributed by atoms with Crippen LogP contribution in [0.25, 0.3) is 28.5 Å². The van der Waals surface area contributed by atoms with Crippen LogP contribution in [0.2, 0.25) is 0 Å². The zero-order valence-electron chi connectivity index (χ0n) is 17.3. The maximum Gasteiger partial charge on any atom is 0.136 e. The molecule has 0 aliphatic carbocycles. The van der Waals surface area contributed by atoms with Crippen LogP contribution in [0.3, 0.4) is 0 Å². The Hall–Kier alpha value is -3.26. The lowest BCUT2D eigenvalue weighted by molar-refractivity contribution is 0.514. The van der Waals surface area contributed by atoms with Gasteiger partial charge in [0, 0.05) is 22.4 Å². The molecule has 0 unspecified atom stereocenters. The number of para-hydroxylation sites is 1. The van der Waals surface area contributed by atoms with Gasteiger partial charge in [-0.25, -0.2) is 0 Å². The molecule has 0 spiro atoms. The molecule has 0 saturated heterocycles. The fraction of sp³-hybridized carbons (Fsp3) is 0.185. The first-order valence-corrected chi connectivity index (χ1v) is 10.1. The Balaban J connectivity index is 1.81. The Bertz CT molecular complexity index is 1200. The highest BCUT2D eigenvalue weighted by molar-refractivity contribution is 6.00. The number of rotatable bonds is 1. The van der Waals surface area contributed by atoms with Crippen LogP contribution in [-0.4, -0.2) is 5.54 Å². The Morgan fingerprint density at radius 3 is 2.41 bits per heavy atom. The minimum absolute atomic E-state index is 0.0708. The molecule has 0 radical (unpaired) electrons. The van der Waals surface area contributed by atoms with Gasteiger partial charge in [0.05, 0.1) is 5.54 Å². The fourth-order valence-electron chi connectivity index (χ4n) is 4.53. The smallest absolute Gasteiger partial charge is 0.136 e. The summed E-state index contributed by atoms with van der Waals surface area (Å²) in [7, 11) is 0. The van der Waals surface area contributed by atoms with E-state index in [0.717, 1.165) is 22.8 Å². The van der Waals surface area contributed by atoms with Gasteiger partial charge in [-0.1, -0.05) is 54.6 Å². The lowest BCUT2D eigenvalue weighted by Gasteiger charge is -2.35. The van der Waals surface area contributed by atoms with Gasteiger partial charge in [0.15, 0.2) is 0 Å². The van der Waals surface area contributed by atoms with Gasteiger partial charge in [0.2, 0.25) is 0 Å². The van der Waals surface area contributed by atoms with E-state index in [9.17, 15) is 0 Å². The highest BCUT2D eigenvalue weighted by Gasteiger charge is 2.31. The molecule has 0 fully saturated rings. The fourth-order valence-corrected chi connectivity index (χ4v) is 4.53. The van der Waals surface area contributed by atoms with E-state index in [1.54, 1.807) is 0 Å². The van der Waals surface area contributed by atoms with Gasteiger partial charge in [-0.05, 0) is 68.2 Å². The molecule has 144 valence electrons. The van der Waals surface area contributed by atoms with Crippen LogP contribution in [0.1, 0.15) is 43.0 Å². The maximum atomic E-state index is 6.49. The zero-order valence-corrected chi connectivity index (χ0v) is 17.3. The van der Waals surface area contributed by atoms with Crippen LogP contribution in [0.5, 0.6) is 5.75 Å². The summed E-state index contributed by atoms with van der Waals surface area (Å²) in [6, 6.07) is 21.2. The second-order valence-corrected chi connectivity index (χ2v) is 8.55. The van der Waals surface area contributed by atoms with Gasteiger partial charge in [-0.2, -0.15) is 0 Å². The van der Waals surface area contributed by atoms with Crippen LogP contribution in [0.15, 0.2) is 66.7 Å². The molecule has 0 amide bonds. The standard InChI is InChI=1S/C27H25NO/c1-17-9-5-6-10-19(17)15-24-26-21(20-11-7-8-12-23(20)29-24)13-14-22-25(26)18(2)16-27(3,4)28-22/h5-16,28H,1-4H3. The molecule has 0 saturated carbocycles. The highest BCUT2D eigenvalue weighted by atomic mass is 16.5. The minimum Gasteiger partial charge on any atom is -0.456 e. The second kappa shape index (κ2) is 6.38. The second-order valence-electron chi connectivity index (χ2n) is 8.55. The van der Waals surface area contributed by atoms with Crippen LogP contribution >= 0.6 is 0 Å². The summed E-state index contributed by atoms with van der Waals surface area (Å²) in [4.78, 5) is 0. The molecule has 2 heterocycles. The number of aryl methyl sites for hydroxylation is 1. The van der Waals surface area contributed by atoms with Crippen molar-refractivity contribution >= 4 is 23.1 Å². The van der Waals surface area contributed by atoms with E-state index in [4.69, 9.17) is 4.74 Å². The van der Waals surface area contributed by atoms with Crippen LogP contribution < -0.4 is 10.1 Å². The summed E-state index contributed by atoms with van der Waals surface area (Å²) >= 11 is 0. The number of hydrogen-bond acceptors (Lipinski definition) is 2. The van der Waals surface area contributed by atoms with Crippen molar-refractivity contribution in [1.82, 2.24) is 0 Å². The predicted octanol–water partition coefficient (Wildman–Crippen LogP) is 7.16. The Kier molecular flexibility index (Phi) is 3.92. The van der Waals surface area contributed by atoms with Gasteiger partial charge in [0.1, 0.15) is 11.5 Å². The number of hydrogen-bond donors (Lipinski definition) is 1. The van der Waals surface area contributed by atoms with E-state index in [-0.39, 0.29) is 5.54 Å². The third kappa shape index (κ3) is 2.96. The van der Waals surface area contributed by atoms with Crippen molar-refractivity contribution in [3.05, 3.63) is 89.0 Å². The average Bonchev–Trinajstić information content (AvgIpc) is 2.68. The zero-order chi connectivity index (χ0) is 20.2. The number of benzene rings is 3. The molecular formula is C27H25NO. The molecule has 29 heavy (non-hydrogen) atoms. The number of nitrogens with one attached hydrogen (secondary N) is 1. The van der Waals surface area contributed by atoms with E-state index in [0.29, 0.717) is 0 Å². The number of anilines is 1. The molecule has 2 heteroatoms. The molecule has 0 bridgehead atoms. The monoisotopic (exact) mass is 379 g/mol. The third-order valence-electron chi connectivity index (χ3n) is 5.75. The number of allylic oxidation sites excluding steroid dienone is 1. The van der Waals surface area contributed by atoms with Crippen molar-refractivity contribution in [3.8, 4) is 16.9 Å². The molecule has 3 aromatic carbocycles. The largest absolute Gasteiger partial charge is 0.456 e. The summed E-state index contributed by atoms with van der Waals surface area (Å²) in [5.74, 6) is 1.81. The normalized spacial score (nSPS) is 17.4. The van der Waals surface area contributed by atoms with Crippen LogP contribution in [0.4, 0.5) is 5.69 Å². The lowest BCUT2D eigenvalue weighted by Crippen LogP contribution is -2.32. The quantitative estimate of drug-likeness (QED) is 0.484. The Morgan fingerprint density at radius 1 is 0.828 bits per heavy atom. The molecule has 3 aromatic rings. The van der Waals surface area contributed by atoms with E-state index in [1.807, 2.05) is 12.1 Å². The topological polar surface area (TPSA) is 21.3 Å². The van der Waals surface area contributed by atoms with E-state index in [2.05, 4.69) is 93.7 Å². The third-order valence-corrected chi connectivity index (χ3v) is 5.75. The summed E-state index contributed by atoms with van der Waals surface area (Å²) in [6.45, 7) is 8.75. The van der Waals surface area contributed by atoms with Crippen molar-refractivity contribution in [1.29, 1.82) is 0 Å². The molecule has 5 rings (SSSR count). The van der Waals surface area contributed by atoms with E-state index >= 15 is 0 Å². The number of ether oxygens (including phenoxy) is 1. The summed E-state index contributed by atoms with van der Waals surface area (Å²) < 4.78 is 6.49. The molecule has 2 aliphatic rings. The van der Waals surface area contributed by atoms with Gasteiger partial charge in [-0.15, -0.1) is 0 Å². The van der Waals surface area contributed by atoms with Crippen LogP contribution in [-0.2, 0) is 0 Å². The van der Waals surface area contributed by atoms with Crippen LogP contribution in [0, 0.1) is 6.92 Å². The van der Waals surface area contributed by atoms with Gasteiger partial charge in [-0.3, -0.25) is 0 Å². The first-order chi connectivity index (χ1) is 13.9. The Morgan fingerprint density at radius 2 is 1.59 bits per heavy atom. The van der Waals surface area contributed by atoms with Gasteiger partial charge in [0.25, 0.3) is 0 Å². The van der Waals surface area contributed by atoms with E-state index < -0.39 is 0 Å². The van der Waals surface area contributed by atoms with Gasteiger partial charge < -0.3 is 10.1 Å². The number of fused-ring (bicyclic) bond motifs is 5. The first kappa shape index (κ1) is 17.8. The SMILES string of the molecule is CC1=CC(C)(C)Nc2ccc3c(c21)C(=Cc1ccccc1C)Oc1ccccc1-3. The Labute approximate surface area is 172 Å². The highest BCUT2D eigenvalue weighted by Crippen LogP contribution is 2.49. The predicted molar refractivity (Wildman–Crippen MR) is 123 cm³/mol. The first-order valence-electron chi connectivity index (χ1n) is 10.1. The average molecular weight is 380 g/mol. The van der Waals surface area contributed by atoms with Gasteiger partial charge >= 0.3 is 0 Å². The molecule has 1 N–H and O–H groups in total. The molecule has 2 aliphatic heterocycles. The van der Waals surface area contributed by atoms with Crippen molar-refractivity contribution in [2.24, 2.45) is 0 Å². The maximum absolute atomic E-state index is 6.49. The molecular weight excluding hydrogens is 354 g/mol. The lowest BCUT2D eigenvalue weighted by atomic mass is 9.83. The van der Waals surface area contributed by atoms with Crippen molar-refractivity contribution < 1.29 is 4.74 Å². The van der Waals surface area contributed by atoms with Crippen molar-refractivity contribution in [2.45, 2.75) is 33.2 Å². The van der Waals surface area contributed by atoms with Crippen molar-refractivity contribution in [3.63, 3.8) is 0 Å². The summed E-state index contributed by atoms with van der Waals surface area (Å²) in [5.41, 5.74) is 9.55. The van der Waals surface area contributed by atoms with Crippen molar-refractivity contribution in [2.75, 3.05) is 5.32 Å². The molecule has 0 aromatic heterocycles. The van der Waals surface area contributed by atoms with E-state index in [1.165, 1.54) is 33.4 Å². The molecule has 0 atom stereocenters. The summed E-state index contributed by atoms with van der Waals surface area (Å²) in [5, 5.41) is 3.68. The minimum atomic E-state index is -0.0708.